The molecule has 7 heteroatoms. The smallest absolute Gasteiger partial charge is 0.212 e. The normalized spacial score (nSPS) is 10.6. The first-order valence-electron chi connectivity index (χ1n) is 3.57. The van der Waals surface area contributed by atoms with Crippen LogP contribution in [0.5, 0.6) is 0 Å². The Hall–Kier alpha value is -1.23. The van der Waals surface area contributed by atoms with Crippen molar-refractivity contribution >= 4 is 25.4 Å². The first-order valence-corrected chi connectivity index (χ1v) is 6.05. The SMILES string of the molecule is [N-]=[N+]=Nc1ccc(CS(=O)(=O)Cl)cc1. The summed E-state index contributed by atoms with van der Waals surface area (Å²) < 4.78 is 21.4. The molecule has 0 spiro atoms. The number of hydrogen-bond donors (Lipinski definition) is 0. The number of nitrogens with zero attached hydrogens (tertiary/aromatic N) is 3. The van der Waals surface area contributed by atoms with E-state index in [4.69, 9.17) is 16.2 Å². The van der Waals surface area contributed by atoms with Gasteiger partial charge in [0.05, 0.1) is 5.75 Å². The van der Waals surface area contributed by atoms with Gasteiger partial charge in [0, 0.05) is 21.3 Å². The van der Waals surface area contributed by atoms with Crippen molar-refractivity contribution in [3.05, 3.63) is 40.3 Å². The first kappa shape index (κ1) is 10.8. The van der Waals surface area contributed by atoms with Crippen molar-refractivity contribution in [2.75, 3.05) is 0 Å². The Morgan fingerprint density at radius 3 is 2.36 bits per heavy atom. The zero-order valence-corrected chi connectivity index (χ0v) is 8.53. The highest BCUT2D eigenvalue weighted by atomic mass is 35.7. The number of halogens is 1. The molecule has 74 valence electrons. The third-order valence-electron chi connectivity index (χ3n) is 1.44. The van der Waals surface area contributed by atoms with Gasteiger partial charge in [0.15, 0.2) is 0 Å². The maximum atomic E-state index is 10.7. The number of benzene rings is 1. The monoisotopic (exact) mass is 231 g/mol. The Bertz CT molecular complexity index is 462. The van der Waals surface area contributed by atoms with E-state index in [0.29, 0.717) is 11.3 Å². The lowest BCUT2D eigenvalue weighted by atomic mass is 10.2. The molecule has 1 rings (SSSR count). The lowest BCUT2D eigenvalue weighted by Gasteiger charge is -1.97. The van der Waals surface area contributed by atoms with Crippen LogP contribution in [0.3, 0.4) is 0 Å². The highest BCUT2D eigenvalue weighted by Gasteiger charge is 2.06. The largest absolute Gasteiger partial charge is 0.236 e. The second-order valence-electron chi connectivity index (χ2n) is 2.54. The van der Waals surface area contributed by atoms with E-state index in [1.807, 2.05) is 0 Å². The summed E-state index contributed by atoms with van der Waals surface area (Å²) in [6, 6.07) is 6.14. The van der Waals surface area contributed by atoms with E-state index in [0.717, 1.165) is 0 Å². The molecule has 0 unspecified atom stereocenters. The minimum absolute atomic E-state index is 0.231. The fourth-order valence-corrected chi connectivity index (χ4v) is 1.88. The van der Waals surface area contributed by atoms with Crippen LogP contribution < -0.4 is 0 Å². The van der Waals surface area contributed by atoms with Crippen LogP contribution in [0.15, 0.2) is 29.4 Å². The maximum absolute atomic E-state index is 10.7. The molecule has 0 N–H and O–H groups in total. The summed E-state index contributed by atoms with van der Waals surface area (Å²) in [5, 5.41) is 3.34. The zero-order valence-electron chi connectivity index (χ0n) is 6.96. The molecule has 14 heavy (non-hydrogen) atoms. The average Bonchev–Trinajstić information content (AvgIpc) is 2.06. The van der Waals surface area contributed by atoms with Gasteiger partial charge in [-0.3, -0.25) is 0 Å². The van der Waals surface area contributed by atoms with Crippen molar-refractivity contribution in [1.29, 1.82) is 0 Å². The summed E-state index contributed by atoms with van der Waals surface area (Å²) in [7, 11) is 1.53. The lowest BCUT2D eigenvalue weighted by molar-refractivity contribution is 0.609. The van der Waals surface area contributed by atoms with E-state index in [1.165, 1.54) is 12.1 Å². The minimum Gasteiger partial charge on any atom is -0.212 e. The minimum atomic E-state index is -3.53. The molecule has 0 atom stereocenters. The van der Waals surface area contributed by atoms with Crippen LogP contribution in [0.2, 0.25) is 0 Å². The van der Waals surface area contributed by atoms with E-state index >= 15 is 0 Å². The lowest BCUT2D eigenvalue weighted by Crippen LogP contribution is -1.93. The van der Waals surface area contributed by atoms with Crippen LogP contribution in [0.1, 0.15) is 5.56 Å². The average molecular weight is 232 g/mol. The van der Waals surface area contributed by atoms with Crippen LogP contribution in [-0.2, 0) is 14.8 Å². The summed E-state index contributed by atoms with van der Waals surface area (Å²) in [5.41, 5.74) is 9.10. The molecule has 0 amide bonds. The Kier molecular flexibility index (Phi) is 3.35. The number of hydrogen-bond acceptors (Lipinski definition) is 3. The van der Waals surface area contributed by atoms with Gasteiger partial charge >= 0.3 is 0 Å². The third kappa shape index (κ3) is 3.66. The van der Waals surface area contributed by atoms with Crippen LogP contribution in [0.25, 0.3) is 10.4 Å². The molecule has 0 bridgehead atoms. The summed E-state index contributed by atoms with van der Waals surface area (Å²) in [6.07, 6.45) is 0. The molecule has 0 aromatic heterocycles. The molecule has 1 aromatic carbocycles. The van der Waals surface area contributed by atoms with Crippen molar-refractivity contribution in [2.45, 2.75) is 5.75 Å². The predicted octanol–water partition coefficient (Wildman–Crippen LogP) is 2.70. The zero-order chi connectivity index (χ0) is 10.6. The van der Waals surface area contributed by atoms with E-state index in [-0.39, 0.29) is 5.75 Å². The second kappa shape index (κ2) is 4.32. The molecule has 0 saturated carbocycles. The number of azide groups is 1. The molecular formula is C7H6ClN3O2S. The van der Waals surface area contributed by atoms with Crippen molar-refractivity contribution in [3.8, 4) is 0 Å². The standard InChI is InChI=1S/C7H6ClN3O2S/c8-14(12,13)5-6-1-3-7(4-2-6)10-11-9/h1-4H,5H2. The van der Waals surface area contributed by atoms with Gasteiger partial charge in [-0.25, -0.2) is 8.42 Å². The van der Waals surface area contributed by atoms with Crippen molar-refractivity contribution in [2.24, 2.45) is 5.11 Å². The van der Waals surface area contributed by atoms with Gasteiger partial charge in [0.2, 0.25) is 9.05 Å². The molecule has 0 aliphatic carbocycles. The Labute approximate surface area is 85.4 Å². The van der Waals surface area contributed by atoms with E-state index in [9.17, 15) is 8.42 Å². The van der Waals surface area contributed by atoms with E-state index in [1.54, 1.807) is 12.1 Å². The van der Waals surface area contributed by atoms with Crippen molar-refractivity contribution < 1.29 is 8.42 Å². The van der Waals surface area contributed by atoms with Crippen LogP contribution in [-0.4, -0.2) is 8.42 Å². The summed E-state index contributed by atoms with van der Waals surface area (Å²) >= 11 is 0. The van der Waals surface area contributed by atoms with Crippen LogP contribution in [0, 0.1) is 0 Å². The quantitative estimate of drug-likeness (QED) is 0.347. The highest BCUT2D eigenvalue weighted by Crippen LogP contribution is 2.15. The van der Waals surface area contributed by atoms with Crippen molar-refractivity contribution in [3.63, 3.8) is 0 Å². The molecular weight excluding hydrogens is 226 g/mol. The topological polar surface area (TPSA) is 82.9 Å². The number of rotatable bonds is 3. The van der Waals surface area contributed by atoms with Gasteiger partial charge in [-0.2, -0.15) is 0 Å². The second-order valence-corrected chi connectivity index (χ2v) is 5.32. The summed E-state index contributed by atoms with van der Waals surface area (Å²) in [5.74, 6) is -0.231. The van der Waals surface area contributed by atoms with Gasteiger partial charge in [0.25, 0.3) is 0 Å². The maximum Gasteiger partial charge on any atom is 0.236 e. The van der Waals surface area contributed by atoms with Gasteiger partial charge in [-0.1, -0.05) is 29.4 Å². The van der Waals surface area contributed by atoms with Gasteiger partial charge in [0.1, 0.15) is 0 Å². The predicted molar refractivity (Wildman–Crippen MR) is 53.7 cm³/mol. The molecule has 0 heterocycles. The molecule has 0 saturated heterocycles. The third-order valence-corrected chi connectivity index (χ3v) is 2.44. The fourth-order valence-electron chi connectivity index (χ4n) is 0.910. The first-order chi connectivity index (χ1) is 6.51. The van der Waals surface area contributed by atoms with E-state index < -0.39 is 9.05 Å². The highest BCUT2D eigenvalue weighted by molar-refractivity contribution is 8.13. The van der Waals surface area contributed by atoms with Gasteiger partial charge in [-0.05, 0) is 11.1 Å². The Morgan fingerprint density at radius 1 is 1.36 bits per heavy atom. The summed E-state index contributed by atoms with van der Waals surface area (Å²) in [4.78, 5) is 2.59. The molecule has 0 aliphatic rings. The molecule has 5 nitrogen and oxygen atoms in total. The Morgan fingerprint density at radius 2 is 1.93 bits per heavy atom. The molecule has 0 radical (unpaired) electrons. The van der Waals surface area contributed by atoms with Gasteiger partial charge in [-0.15, -0.1) is 0 Å². The molecule has 0 aliphatic heterocycles. The fraction of sp³-hybridized carbons (Fsp3) is 0.143. The van der Waals surface area contributed by atoms with E-state index in [2.05, 4.69) is 10.0 Å². The summed E-state index contributed by atoms with van der Waals surface area (Å²) in [6.45, 7) is 0. The van der Waals surface area contributed by atoms with Gasteiger partial charge < -0.3 is 0 Å². The Balaban J connectivity index is 2.89. The molecule has 0 fully saturated rings. The molecule has 1 aromatic rings. The van der Waals surface area contributed by atoms with Crippen LogP contribution >= 0.6 is 10.7 Å². The van der Waals surface area contributed by atoms with Crippen LogP contribution in [0.4, 0.5) is 5.69 Å². The van der Waals surface area contributed by atoms with Crippen molar-refractivity contribution in [1.82, 2.24) is 0 Å².